The molecule has 2 aromatic carbocycles. The van der Waals surface area contributed by atoms with Gasteiger partial charge in [0.2, 0.25) is 11.4 Å². The first-order chi connectivity index (χ1) is 37.5. The summed E-state index contributed by atoms with van der Waals surface area (Å²) in [5, 5.41) is 0. The molecule has 0 saturated carbocycles. The quantitative estimate of drug-likeness (QED) is 0.0466. The van der Waals surface area contributed by atoms with Gasteiger partial charge < -0.3 is 5.53 Å². The van der Waals surface area contributed by atoms with Gasteiger partial charge in [-0.1, -0.05) is 303 Å². The third-order valence-corrected chi connectivity index (χ3v) is 16.7. The zero-order valence-corrected chi connectivity index (χ0v) is 51.6. The van der Waals surface area contributed by atoms with Gasteiger partial charge in [-0.05, 0) is 130 Å². The van der Waals surface area contributed by atoms with Crippen molar-refractivity contribution < 1.29 is 4.70 Å². The van der Waals surface area contributed by atoms with E-state index < -0.39 is 0 Å². The number of hydrogen-bond acceptors (Lipinski definition) is 0. The number of nitrogens with zero attached hydrogens (tertiary/aromatic N) is 2. The summed E-state index contributed by atoms with van der Waals surface area (Å²) >= 11 is 0. The molecular formula is C74H124N2. The first-order valence-electron chi connectivity index (χ1n) is 34.1. The molecule has 76 heavy (non-hydrogen) atoms. The summed E-state index contributed by atoms with van der Waals surface area (Å²) < 4.78 is 1.66. The van der Waals surface area contributed by atoms with Crippen LogP contribution in [0.5, 0.6) is 0 Å². The zero-order chi connectivity index (χ0) is 54.4. The van der Waals surface area contributed by atoms with Gasteiger partial charge in [-0.15, -0.1) is 0 Å². The molecule has 0 spiro atoms. The number of aryl methyl sites for hydroxylation is 2. The molecule has 430 valence electrons. The van der Waals surface area contributed by atoms with Crippen molar-refractivity contribution in [3.63, 3.8) is 0 Å². The van der Waals surface area contributed by atoms with Crippen LogP contribution in [0.25, 0.3) is 29.1 Å². The highest BCUT2D eigenvalue weighted by Crippen LogP contribution is 2.45. The van der Waals surface area contributed by atoms with E-state index in [-0.39, 0.29) is 0 Å². The average Bonchev–Trinajstić information content (AvgIpc) is 3.71. The van der Waals surface area contributed by atoms with Crippen LogP contribution in [0.3, 0.4) is 0 Å². The maximum Gasteiger partial charge on any atom is 0.211 e. The van der Waals surface area contributed by atoms with E-state index in [4.69, 9.17) is 0 Å². The fraction of sp³-hybridized carbons (Fsp3) is 0.730. The molecule has 1 heterocycles. The number of allylic oxidation sites excluding steroid dienone is 4. The Balaban J connectivity index is 1.67. The summed E-state index contributed by atoms with van der Waals surface area (Å²) in [7, 11) is 0. The Hall–Kier alpha value is -3.00. The van der Waals surface area contributed by atoms with Crippen LogP contribution in [-0.4, -0.2) is 4.70 Å². The van der Waals surface area contributed by atoms with Crippen LogP contribution in [-0.2, 0) is 12.8 Å². The summed E-state index contributed by atoms with van der Waals surface area (Å²) in [6.07, 6.45) is 73.4. The minimum atomic E-state index is 0.994. The third-order valence-electron chi connectivity index (χ3n) is 16.7. The Morgan fingerprint density at radius 2 is 0.553 bits per heavy atom. The van der Waals surface area contributed by atoms with Gasteiger partial charge in [0.05, 0.1) is 0 Å². The van der Waals surface area contributed by atoms with E-state index in [2.05, 4.69) is 102 Å². The predicted molar refractivity (Wildman–Crippen MR) is 342 cm³/mol. The first-order valence-corrected chi connectivity index (χ1v) is 34.1. The van der Waals surface area contributed by atoms with Gasteiger partial charge in [0, 0.05) is 22.3 Å². The molecule has 0 aromatic heterocycles. The van der Waals surface area contributed by atoms with E-state index in [1.807, 2.05) is 0 Å². The molecule has 0 radical (unpaired) electrons. The van der Waals surface area contributed by atoms with Crippen molar-refractivity contribution >= 4 is 23.5 Å². The molecule has 2 aromatic rings. The molecule has 0 bridgehead atoms. The van der Waals surface area contributed by atoms with E-state index in [9.17, 15) is 5.53 Å². The van der Waals surface area contributed by atoms with E-state index in [0.29, 0.717) is 0 Å². The van der Waals surface area contributed by atoms with Crippen LogP contribution in [0.2, 0.25) is 0 Å². The standard InChI is InChI=1S/C74H124N2/c1-7-13-19-21-23-25-27-29-31-33-35-37-39-41-43-45-47-49-51-55-67-60-68(56-52-50-48-46-44-42-40-38-36-34-32-30-28-26-24-22-20-14-8-2)64-70(63-67)74-72(58-18-12-6)71(57-17-11-5)73(76(74)75)69-61-65(53-15-9-3)59-66(62-69)54-16-10-4/h51-52,55-56,59-64H,7-50,53-54,57-58H2,1-6H3. The van der Waals surface area contributed by atoms with Gasteiger partial charge >= 0.3 is 0 Å². The molecule has 0 atom stereocenters. The molecule has 0 fully saturated rings. The largest absolute Gasteiger partial charge is 0.493 e. The molecule has 1 aliphatic heterocycles. The number of benzene rings is 2. The topological polar surface area (TPSA) is 25.3 Å². The lowest BCUT2D eigenvalue weighted by Crippen LogP contribution is -2.05. The Morgan fingerprint density at radius 1 is 0.289 bits per heavy atom. The fourth-order valence-corrected chi connectivity index (χ4v) is 11.9. The average molecular weight is 1040 g/mol. The summed E-state index contributed by atoms with van der Waals surface area (Å²) in [5.41, 5.74) is 25.3. The van der Waals surface area contributed by atoms with Gasteiger partial charge in [0.15, 0.2) is 0 Å². The number of unbranched alkanes of at least 4 members (excludes halogenated alkanes) is 38. The van der Waals surface area contributed by atoms with Crippen LogP contribution >= 0.6 is 0 Å². The van der Waals surface area contributed by atoms with Crippen molar-refractivity contribution in [1.82, 2.24) is 0 Å². The molecule has 0 N–H and O–H groups in total. The van der Waals surface area contributed by atoms with Crippen LogP contribution in [0.4, 0.5) is 0 Å². The highest BCUT2D eigenvalue weighted by Gasteiger charge is 2.35. The van der Waals surface area contributed by atoms with Gasteiger partial charge in [0.25, 0.3) is 0 Å². The van der Waals surface area contributed by atoms with Gasteiger partial charge in [-0.25, -0.2) is 4.70 Å². The summed E-state index contributed by atoms with van der Waals surface area (Å²) in [6, 6.07) is 14.5. The van der Waals surface area contributed by atoms with Gasteiger partial charge in [-0.2, -0.15) is 0 Å². The minimum Gasteiger partial charge on any atom is -0.493 e. The van der Waals surface area contributed by atoms with Crippen LogP contribution in [0.1, 0.15) is 370 Å². The summed E-state index contributed by atoms with van der Waals surface area (Å²) in [6.45, 7) is 13.8. The molecule has 2 nitrogen and oxygen atoms in total. The second-order valence-corrected chi connectivity index (χ2v) is 24.0. The molecule has 2 heteroatoms. The Kier molecular flexibility index (Phi) is 41.5. The van der Waals surface area contributed by atoms with Gasteiger partial charge in [-0.3, -0.25) is 0 Å². The van der Waals surface area contributed by atoms with Crippen molar-refractivity contribution in [2.24, 2.45) is 0 Å². The second kappa shape index (κ2) is 46.9. The van der Waals surface area contributed by atoms with Gasteiger partial charge in [0.1, 0.15) is 0 Å². The monoisotopic (exact) mass is 1040 g/mol. The third kappa shape index (κ3) is 30.4. The second-order valence-electron chi connectivity index (χ2n) is 24.0. The van der Waals surface area contributed by atoms with E-state index >= 15 is 0 Å². The maximum absolute atomic E-state index is 12.8. The van der Waals surface area contributed by atoms with E-state index in [1.165, 1.54) is 283 Å². The summed E-state index contributed by atoms with van der Waals surface area (Å²) in [4.78, 5) is 0. The lowest BCUT2D eigenvalue weighted by molar-refractivity contribution is -0.345. The van der Waals surface area contributed by atoms with Crippen molar-refractivity contribution in [2.75, 3.05) is 0 Å². The van der Waals surface area contributed by atoms with Crippen LogP contribution < -0.4 is 0 Å². The molecule has 0 aliphatic carbocycles. The van der Waals surface area contributed by atoms with Crippen LogP contribution in [0.15, 0.2) is 59.7 Å². The molecule has 0 saturated heterocycles. The highest BCUT2D eigenvalue weighted by molar-refractivity contribution is 5.83. The van der Waals surface area contributed by atoms with Crippen molar-refractivity contribution in [2.45, 2.75) is 350 Å². The SMILES string of the molecule is CCCCCCCCCCCCCCCCCCCC=Cc1cc(C=CCCCCCCCCCCCCCCCCCCC)cc(C2=C(CCCC)C(CCCC)=C(c3cc(CCCC)cc(CCCC)c3)[N+]2=[N-])c1. The Bertz CT molecular complexity index is 1780. The molecule has 0 amide bonds. The minimum absolute atomic E-state index is 0.994. The maximum atomic E-state index is 12.8. The van der Waals surface area contributed by atoms with E-state index in [1.54, 1.807) is 4.70 Å². The number of hydrogen-bond donors (Lipinski definition) is 0. The fourth-order valence-electron chi connectivity index (χ4n) is 11.9. The number of rotatable bonds is 52. The normalized spacial score (nSPS) is 13.1. The zero-order valence-electron chi connectivity index (χ0n) is 51.6. The van der Waals surface area contributed by atoms with Crippen LogP contribution in [0, 0.1) is 0 Å². The highest BCUT2D eigenvalue weighted by atomic mass is 15.2. The lowest BCUT2D eigenvalue weighted by atomic mass is 9.90. The van der Waals surface area contributed by atoms with Crippen molar-refractivity contribution in [3.8, 4) is 0 Å². The molecule has 3 rings (SSSR count). The Labute approximate surface area is 474 Å². The van der Waals surface area contributed by atoms with Crippen molar-refractivity contribution in [1.29, 1.82) is 0 Å². The molecular weight excluding hydrogens is 917 g/mol. The molecule has 0 unspecified atom stereocenters. The van der Waals surface area contributed by atoms with Crippen molar-refractivity contribution in [3.05, 3.63) is 98.6 Å². The lowest BCUT2D eigenvalue weighted by Gasteiger charge is -2.14. The first kappa shape index (κ1) is 67.3. The van der Waals surface area contributed by atoms with E-state index in [0.717, 1.165) is 81.2 Å². The smallest absolute Gasteiger partial charge is 0.211 e. The Morgan fingerprint density at radius 3 is 0.855 bits per heavy atom. The summed E-state index contributed by atoms with van der Waals surface area (Å²) in [5.74, 6) is 0. The predicted octanol–water partition coefficient (Wildman–Crippen LogP) is 26.0. The molecule has 1 aliphatic rings.